The molecule has 0 radical (unpaired) electrons. The normalized spacial score (nSPS) is 26.9. The van der Waals surface area contributed by atoms with Gasteiger partial charge in [-0.3, -0.25) is 0 Å². The summed E-state index contributed by atoms with van der Waals surface area (Å²) in [5, 5.41) is 12.2. The lowest BCUT2D eigenvalue weighted by Crippen LogP contribution is -2.39. The molecule has 0 aliphatic heterocycles. The highest BCUT2D eigenvalue weighted by Gasteiger charge is 2.39. The Hall–Kier alpha value is -1.60. The first-order valence-electron chi connectivity index (χ1n) is 6.11. The third kappa shape index (κ3) is 2.46. The van der Waals surface area contributed by atoms with Gasteiger partial charge < -0.3 is 10.1 Å². The predicted octanol–water partition coefficient (Wildman–Crippen LogP) is 2.55. The molecule has 0 amide bonds. The van der Waals surface area contributed by atoms with Crippen molar-refractivity contribution in [2.75, 3.05) is 7.05 Å². The number of hydrogen-bond donors (Lipinski definition) is 1. The first kappa shape index (κ1) is 12.8. The fraction of sp³-hybridized carbons (Fsp3) is 0.500. The van der Waals surface area contributed by atoms with Gasteiger partial charge in [-0.25, -0.2) is 4.39 Å². The molecule has 0 heterocycles. The van der Waals surface area contributed by atoms with Gasteiger partial charge in [0.25, 0.3) is 0 Å². The molecule has 0 bridgehead atoms. The standard InChI is InChI=1S/C14H17FN2O/c1-10-7-11(15)3-4-13(10)18-12-5-6-14(8-12,9-16)17-2/h3-4,7,12,17H,5-6,8H2,1-2H3. The second-order valence-electron chi connectivity index (χ2n) is 4.84. The molecule has 96 valence electrons. The number of nitrogens with zero attached hydrogens (tertiary/aromatic N) is 1. The molecule has 1 aromatic rings. The minimum absolute atomic E-state index is 0.0151. The average Bonchev–Trinajstić information content (AvgIpc) is 2.77. The lowest BCUT2D eigenvalue weighted by molar-refractivity contribution is 0.200. The van der Waals surface area contributed by atoms with Crippen LogP contribution in [0.4, 0.5) is 4.39 Å². The van der Waals surface area contributed by atoms with Crippen LogP contribution in [0.5, 0.6) is 5.75 Å². The molecule has 0 saturated heterocycles. The molecule has 4 heteroatoms. The van der Waals surface area contributed by atoms with Gasteiger partial charge in [-0.05, 0) is 50.6 Å². The molecule has 18 heavy (non-hydrogen) atoms. The van der Waals surface area contributed by atoms with E-state index in [2.05, 4.69) is 11.4 Å². The summed E-state index contributed by atoms with van der Waals surface area (Å²) in [6, 6.07) is 6.82. The zero-order valence-corrected chi connectivity index (χ0v) is 10.7. The average molecular weight is 248 g/mol. The number of benzene rings is 1. The maximum Gasteiger partial charge on any atom is 0.123 e. The number of aryl methyl sites for hydroxylation is 1. The van der Waals surface area contributed by atoms with Crippen LogP contribution < -0.4 is 10.1 Å². The molecule has 1 aliphatic rings. The van der Waals surface area contributed by atoms with Gasteiger partial charge in [0.1, 0.15) is 23.2 Å². The van der Waals surface area contributed by atoms with Crippen molar-refractivity contribution in [2.24, 2.45) is 0 Å². The van der Waals surface area contributed by atoms with Gasteiger partial charge in [-0.2, -0.15) is 5.26 Å². The Kier molecular flexibility index (Phi) is 3.53. The monoisotopic (exact) mass is 248 g/mol. The maximum absolute atomic E-state index is 13.0. The highest BCUT2D eigenvalue weighted by molar-refractivity contribution is 5.33. The lowest BCUT2D eigenvalue weighted by atomic mass is 10.0. The van der Waals surface area contributed by atoms with Gasteiger partial charge in [0.05, 0.1) is 6.07 Å². The fourth-order valence-corrected chi connectivity index (χ4v) is 2.41. The van der Waals surface area contributed by atoms with Crippen LogP contribution >= 0.6 is 0 Å². The summed E-state index contributed by atoms with van der Waals surface area (Å²) in [7, 11) is 1.80. The molecule has 1 aliphatic carbocycles. The van der Waals surface area contributed by atoms with Crippen molar-refractivity contribution >= 4 is 0 Å². The summed E-state index contributed by atoms with van der Waals surface area (Å²) in [5.41, 5.74) is 0.312. The van der Waals surface area contributed by atoms with E-state index in [1.807, 2.05) is 6.92 Å². The number of nitrogens with one attached hydrogen (secondary N) is 1. The van der Waals surface area contributed by atoms with Crippen molar-refractivity contribution in [3.63, 3.8) is 0 Å². The molecule has 1 fully saturated rings. The van der Waals surface area contributed by atoms with Gasteiger partial charge >= 0.3 is 0 Å². The molecule has 0 aromatic heterocycles. The Morgan fingerprint density at radius 3 is 2.89 bits per heavy atom. The fourth-order valence-electron chi connectivity index (χ4n) is 2.41. The van der Waals surface area contributed by atoms with Gasteiger partial charge in [0.15, 0.2) is 0 Å². The van der Waals surface area contributed by atoms with Crippen molar-refractivity contribution in [1.29, 1.82) is 5.26 Å². The van der Waals surface area contributed by atoms with Gasteiger partial charge in [-0.15, -0.1) is 0 Å². The highest BCUT2D eigenvalue weighted by Crippen LogP contribution is 2.33. The van der Waals surface area contributed by atoms with E-state index < -0.39 is 5.54 Å². The van der Waals surface area contributed by atoms with Crippen LogP contribution in [0.2, 0.25) is 0 Å². The molecule has 1 saturated carbocycles. The number of halogens is 1. The summed E-state index contributed by atoms with van der Waals surface area (Å²) in [6.07, 6.45) is 2.30. The zero-order valence-electron chi connectivity index (χ0n) is 10.7. The van der Waals surface area contributed by atoms with E-state index in [-0.39, 0.29) is 11.9 Å². The van der Waals surface area contributed by atoms with Crippen molar-refractivity contribution in [3.05, 3.63) is 29.6 Å². The van der Waals surface area contributed by atoms with Crippen molar-refractivity contribution in [2.45, 2.75) is 37.8 Å². The van der Waals surface area contributed by atoms with Crippen LogP contribution in [-0.4, -0.2) is 18.7 Å². The van der Waals surface area contributed by atoms with Crippen molar-refractivity contribution in [3.8, 4) is 11.8 Å². The Morgan fingerprint density at radius 2 is 2.33 bits per heavy atom. The third-order valence-electron chi connectivity index (χ3n) is 3.59. The minimum atomic E-state index is -0.474. The first-order chi connectivity index (χ1) is 8.58. The summed E-state index contributed by atoms with van der Waals surface area (Å²) < 4.78 is 18.8. The van der Waals surface area contributed by atoms with E-state index in [0.29, 0.717) is 12.2 Å². The quantitative estimate of drug-likeness (QED) is 0.894. The SMILES string of the molecule is CNC1(C#N)CCC(Oc2ccc(F)cc2C)C1. The largest absolute Gasteiger partial charge is 0.490 e. The Labute approximate surface area is 107 Å². The topological polar surface area (TPSA) is 45.0 Å². The molecule has 1 aromatic carbocycles. The van der Waals surface area contributed by atoms with Gasteiger partial charge in [0, 0.05) is 6.42 Å². The number of hydrogen-bond acceptors (Lipinski definition) is 3. The third-order valence-corrected chi connectivity index (χ3v) is 3.59. The first-order valence-corrected chi connectivity index (χ1v) is 6.11. The lowest BCUT2D eigenvalue weighted by Gasteiger charge is -2.20. The van der Waals surface area contributed by atoms with Crippen molar-refractivity contribution in [1.82, 2.24) is 5.32 Å². The van der Waals surface area contributed by atoms with Crippen LogP contribution in [0.25, 0.3) is 0 Å². The summed E-state index contributed by atoms with van der Waals surface area (Å²) >= 11 is 0. The summed E-state index contributed by atoms with van der Waals surface area (Å²) in [4.78, 5) is 0. The molecule has 2 unspecified atom stereocenters. The smallest absolute Gasteiger partial charge is 0.123 e. The molecule has 1 N–H and O–H groups in total. The van der Waals surface area contributed by atoms with Crippen LogP contribution in [0.1, 0.15) is 24.8 Å². The molecule has 0 spiro atoms. The van der Waals surface area contributed by atoms with Crippen LogP contribution in [0.3, 0.4) is 0 Å². The minimum Gasteiger partial charge on any atom is -0.490 e. The van der Waals surface area contributed by atoms with E-state index in [4.69, 9.17) is 4.74 Å². The highest BCUT2D eigenvalue weighted by atomic mass is 19.1. The number of rotatable bonds is 3. The molecule has 2 atom stereocenters. The second kappa shape index (κ2) is 4.95. The Morgan fingerprint density at radius 1 is 1.56 bits per heavy atom. The van der Waals surface area contributed by atoms with Gasteiger partial charge in [0.2, 0.25) is 0 Å². The van der Waals surface area contributed by atoms with Crippen LogP contribution in [-0.2, 0) is 0 Å². The summed E-state index contributed by atoms with van der Waals surface area (Å²) in [6.45, 7) is 1.82. The number of ether oxygens (including phenoxy) is 1. The molecule has 3 nitrogen and oxygen atoms in total. The maximum atomic E-state index is 13.0. The van der Waals surface area contributed by atoms with E-state index >= 15 is 0 Å². The van der Waals surface area contributed by atoms with E-state index in [1.54, 1.807) is 13.1 Å². The van der Waals surface area contributed by atoms with E-state index in [0.717, 1.165) is 18.4 Å². The Balaban J connectivity index is 2.06. The molecular weight excluding hydrogens is 231 g/mol. The van der Waals surface area contributed by atoms with Gasteiger partial charge in [-0.1, -0.05) is 0 Å². The van der Waals surface area contributed by atoms with E-state index in [1.165, 1.54) is 12.1 Å². The second-order valence-corrected chi connectivity index (χ2v) is 4.84. The van der Waals surface area contributed by atoms with Crippen LogP contribution in [0, 0.1) is 24.1 Å². The predicted molar refractivity (Wildman–Crippen MR) is 66.8 cm³/mol. The molecular formula is C14H17FN2O. The number of nitriles is 1. The Bertz CT molecular complexity index is 483. The molecule has 2 rings (SSSR count). The van der Waals surface area contributed by atoms with E-state index in [9.17, 15) is 9.65 Å². The zero-order chi connectivity index (χ0) is 13.2. The van der Waals surface area contributed by atoms with Crippen molar-refractivity contribution < 1.29 is 9.13 Å². The van der Waals surface area contributed by atoms with Crippen LogP contribution in [0.15, 0.2) is 18.2 Å². The summed E-state index contributed by atoms with van der Waals surface area (Å²) in [5.74, 6) is 0.444.